The van der Waals surface area contributed by atoms with Crippen molar-refractivity contribution >= 4 is 44.7 Å². The van der Waals surface area contributed by atoms with E-state index in [1.54, 1.807) is 56.4 Å². The first-order chi connectivity index (χ1) is 16.6. The lowest BCUT2D eigenvalue weighted by Gasteiger charge is -2.24. The maximum Gasteiger partial charge on any atom is 0.264 e. The van der Waals surface area contributed by atoms with Gasteiger partial charge in [0.25, 0.3) is 10.0 Å². The zero-order chi connectivity index (χ0) is 25.3. The zero-order valence-corrected chi connectivity index (χ0v) is 22.0. The van der Waals surface area contributed by atoms with Crippen molar-refractivity contribution in [2.45, 2.75) is 32.1 Å². The first-order valence-corrected chi connectivity index (χ1v) is 13.1. The van der Waals surface area contributed by atoms with Gasteiger partial charge in [-0.3, -0.25) is 14.4 Å². The van der Waals surface area contributed by atoms with Crippen LogP contribution in [0.4, 0.5) is 11.5 Å². The molecule has 3 aromatic heterocycles. The Labute approximate surface area is 214 Å². The summed E-state index contributed by atoms with van der Waals surface area (Å²) in [5.41, 5.74) is 3.08. The molecule has 0 radical (unpaired) electrons. The minimum atomic E-state index is -4.06. The molecule has 35 heavy (non-hydrogen) atoms. The highest BCUT2D eigenvalue weighted by Gasteiger charge is 2.26. The van der Waals surface area contributed by atoms with Crippen LogP contribution in [0.25, 0.3) is 11.1 Å². The van der Waals surface area contributed by atoms with Crippen molar-refractivity contribution in [2.75, 3.05) is 16.3 Å². The summed E-state index contributed by atoms with van der Waals surface area (Å²) in [6, 6.07) is 6.89. The Bertz CT molecular complexity index is 1440. The fourth-order valence-electron chi connectivity index (χ4n) is 3.78. The second-order valence-electron chi connectivity index (χ2n) is 8.01. The van der Waals surface area contributed by atoms with Crippen LogP contribution in [0, 0.1) is 13.8 Å². The molecule has 12 heteroatoms. The predicted molar refractivity (Wildman–Crippen MR) is 138 cm³/mol. The van der Waals surface area contributed by atoms with Gasteiger partial charge in [0.15, 0.2) is 0 Å². The van der Waals surface area contributed by atoms with Crippen LogP contribution in [0.2, 0.25) is 10.0 Å². The molecule has 0 bridgehead atoms. The van der Waals surface area contributed by atoms with Crippen molar-refractivity contribution in [3.63, 3.8) is 0 Å². The Morgan fingerprint density at radius 1 is 1.09 bits per heavy atom. The van der Waals surface area contributed by atoms with Crippen molar-refractivity contribution < 1.29 is 8.42 Å². The molecule has 0 aliphatic carbocycles. The molecule has 184 valence electrons. The maximum absolute atomic E-state index is 13.2. The quantitative estimate of drug-likeness (QED) is 0.339. The largest absolute Gasteiger partial charge is 0.276 e. The van der Waals surface area contributed by atoms with E-state index >= 15 is 0 Å². The molecule has 0 aliphatic rings. The van der Waals surface area contributed by atoms with Gasteiger partial charge in [0, 0.05) is 32.2 Å². The number of aromatic nitrogens is 5. The van der Waals surface area contributed by atoms with Crippen LogP contribution in [0.15, 0.2) is 54.1 Å². The number of hydrogen-bond acceptors (Lipinski definition) is 6. The monoisotopic (exact) mass is 533 g/mol. The van der Waals surface area contributed by atoms with Crippen molar-refractivity contribution in [3.8, 4) is 11.1 Å². The molecular weight excluding hydrogens is 509 g/mol. The van der Waals surface area contributed by atoms with Crippen molar-refractivity contribution in [2.24, 2.45) is 7.05 Å². The van der Waals surface area contributed by atoms with E-state index in [1.165, 1.54) is 0 Å². The number of anilines is 2. The summed E-state index contributed by atoms with van der Waals surface area (Å²) in [6.07, 6.45) is 7.84. The van der Waals surface area contributed by atoms with Crippen LogP contribution in [-0.2, 0) is 17.1 Å². The van der Waals surface area contributed by atoms with E-state index in [1.807, 2.05) is 28.0 Å². The average Bonchev–Trinajstić information content (AvgIpc) is 3.41. The summed E-state index contributed by atoms with van der Waals surface area (Å²) < 4.78 is 32.5. The molecule has 9 nitrogen and oxygen atoms in total. The number of rotatable bonds is 8. The number of aryl methyl sites for hydroxylation is 2. The third kappa shape index (κ3) is 5.00. The molecule has 1 aromatic carbocycles. The molecule has 0 fully saturated rings. The summed E-state index contributed by atoms with van der Waals surface area (Å²) in [5.74, 6) is 0.704. The fourth-order valence-corrected chi connectivity index (χ4v) is 6.18. The first-order valence-electron chi connectivity index (χ1n) is 10.9. The zero-order valence-electron chi connectivity index (χ0n) is 19.7. The van der Waals surface area contributed by atoms with E-state index < -0.39 is 10.0 Å². The van der Waals surface area contributed by atoms with Crippen LogP contribution < -0.4 is 9.73 Å². The molecule has 4 rings (SSSR count). The number of hydrogen-bond donors (Lipinski definition) is 1. The molecule has 1 N–H and O–H groups in total. The van der Waals surface area contributed by atoms with Crippen molar-refractivity contribution in [1.82, 2.24) is 24.4 Å². The summed E-state index contributed by atoms with van der Waals surface area (Å²) in [4.78, 5) is 8.44. The van der Waals surface area contributed by atoms with Gasteiger partial charge in [0.1, 0.15) is 17.0 Å². The maximum atomic E-state index is 13.2. The van der Waals surface area contributed by atoms with E-state index in [4.69, 9.17) is 23.2 Å². The Balaban J connectivity index is 1.71. The summed E-state index contributed by atoms with van der Waals surface area (Å²) in [5, 5.41) is 6.26. The number of benzene rings is 1. The number of halogens is 2. The standard InChI is InChI=1S/C23H25Cl2N7O2S/c1-5-9-32(31-10-8-26-14-31)21-13-17(6-7-27-21)18-11-19(24)23(20(25)12-18)35(33,34)29-22-15(2)28-30(4)16(22)3/h6-8,10-14,29H,5,9H2,1-4H3. The second kappa shape index (κ2) is 9.88. The second-order valence-corrected chi connectivity index (χ2v) is 10.4. The number of imidazole rings is 1. The summed E-state index contributed by atoms with van der Waals surface area (Å²) in [6.45, 7) is 6.31. The van der Waals surface area contributed by atoms with Crippen molar-refractivity contribution in [1.29, 1.82) is 0 Å². The van der Waals surface area contributed by atoms with Gasteiger partial charge in [-0.25, -0.2) is 23.1 Å². The Kier molecular flexibility index (Phi) is 7.07. The predicted octanol–water partition coefficient (Wildman–Crippen LogP) is 5.08. The molecule has 0 amide bonds. The Morgan fingerprint density at radius 3 is 2.37 bits per heavy atom. The highest BCUT2D eigenvalue weighted by Crippen LogP contribution is 2.37. The normalized spacial score (nSPS) is 11.6. The molecular formula is C23H25Cl2N7O2S. The molecule has 4 aromatic rings. The average molecular weight is 534 g/mol. The van der Waals surface area contributed by atoms with E-state index in [9.17, 15) is 8.42 Å². The number of nitrogens with zero attached hydrogens (tertiary/aromatic N) is 6. The molecule has 0 saturated heterocycles. The highest BCUT2D eigenvalue weighted by molar-refractivity contribution is 7.93. The number of nitrogens with one attached hydrogen (secondary N) is 1. The van der Waals surface area contributed by atoms with Gasteiger partial charge in [-0.05, 0) is 55.7 Å². The van der Waals surface area contributed by atoms with E-state index in [0.717, 1.165) is 18.5 Å². The third-order valence-electron chi connectivity index (χ3n) is 5.56. The number of sulfonamides is 1. The van der Waals surface area contributed by atoms with Crippen LogP contribution in [0.5, 0.6) is 0 Å². The fraction of sp³-hybridized carbons (Fsp3) is 0.261. The van der Waals surface area contributed by atoms with Gasteiger partial charge in [-0.2, -0.15) is 5.10 Å². The van der Waals surface area contributed by atoms with E-state index in [2.05, 4.69) is 26.7 Å². The summed E-state index contributed by atoms with van der Waals surface area (Å²) in [7, 11) is -2.32. The SMILES string of the molecule is CCCN(c1cc(-c2cc(Cl)c(S(=O)(=O)Nc3c(C)nn(C)c3C)c(Cl)c2)ccn1)n1ccnc1. The minimum absolute atomic E-state index is 0.0117. The molecule has 0 unspecified atom stereocenters. The minimum Gasteiger partial charge on any atom is -0.276 e. The van der Waals surface area contributed by atoms with Crippen LogP contribution in [-0.4, -0.2) is 39.4 Å². The van der Waals surface area contributed by atoms with Crippen molar-refractivity contribution in [3.05, 3.63) is 70.6 Å². The van der Waals surface area contributed by atoms with Gasteiger partial charge in [0.2, 0.25) is 0 Å². The van der Waals surface area contributed by atoms with Gasteiger partial charge in [0.05, 0.1) is 27.1 Å². The number of pyridine rings is 1. The smallest absolute Gasteiger partial charge is 0.264 e. The van der Waals surface area contributed by atoms with Crippen LogP contribution in [0.1, 0.15) is 24.7 Å². The topological polar surface area (TPSA) is 97.9 Å². The molecule has 0 atom stereocenters. The third-order valence-corrected chi connectivity index (χ3v) is 7.83. The molecule has 0 spiro atoms. The first kappa shape index (κ1) is 25.0. The lowest BCUT2D eigenvalue weighted by atomic mass is 10.1. The van der Waals surface area contributed by atoms with E-state index in [0.29, 0.717) is 28.5 Å². The van der Waals surface area contributed by atoms with Gasteiger partial charge in [-0.15, -0.1) is 0 Å². The summed E-state index contributed by atoms with van der Waals surface area (Å²) >= 11 is 13.0. The Hall–Kier alpha value is -3.08. The van der Waals surface area contributed by atoms with E-state index in [-0.39, 0.29) is 14.9 Å². The molecule has 0 aliphatic heterocycles. The molecule has 0 saturated carbocycles. The van der Waals surface area contributed by atoms with Gasteiger partial charge in [-0.1, -0.05) is 30.1 Å². The Morgan fingerprint density at radius 2 is 1.80 bits per heavy atom. The van der Waals surface area contributed by atoms with Crippen LogP contribution in [0.3, 0.4) is 0 Å². The van der Waals surface area contributed by atoms with Gasteiger partial charge < -0.3 is 0 Å². The van der Waals surface area contributed by atoms with Crippen LogP contribution >= 0.6 is 23.2 Å². The lowest BCUT2D eigenvalue weighted by Crippen LogP contribution is -2.29. The lowest BCUT2D eigenvalue weighted by molar-refractivity contribution is 0.601. The highest BCUT2D eigenvalue weighted by atomic mass is 35.5. The molecule has 3 heterocycles. The van der Waals surface area contributed by atoms with Gasteiger partial charge >= 0.3 is 0 Å².